The fraction of sp³-hybridized carbons (Fsp3) is 0.667. The second-order valence-corrected chi connectivity index (χ2v) is 5.51. The lowest BCUT2D eigenvalue weighted by Gasteiger charge is -2.34. The number of anilines is 1. The fourth-order valence-electron chi connectivity index (χ4n) is 2.72. The van der Waals surface area contributed by atoms with Gasteiger partial charge in [-0.1, -0.05) is 12.2 Å². The number of rotatable bonds is 2. The number of nitrogens with two attached hydrogens (primary N) is 1. The van der Waals surface area contributed by atoms with Crippen molar-refractivity contribution in [1.82, 2.24) is 9.78 Å². The van der Waals surface area contributed by atoms with E-state index in [1.54, 1.807) is 18.7 Å². The van der Waals surface area contributed by atoms with E-state index in [0.29, 0.717) is 24.3 Å². The molecule has 0 spiro atoms. The first-order valence-corrected chi connectivity index (χ1v) is 6.77. The quantitative estimate of drug-likeness (QED) is 0.851. The van der Waals surface area contributed by atoms with Crippen LogP contribution >= 0.6 is 12.2 Å². The molecule has 1 saturated heterocycles. The van der Waals surface area contributed by atoms with E-state index < -0.39 is 12.1 Å². The Hall–Kier alpha value is -1.31. The van der Waals surface area contributed by atoms with Gasteiger partial charge in [-0.2, -0.15) is 18.3 Å². The summed E-state index contributed by atoms with van der Waals surface area (Å²) in [7, 11) is 1.75. The molecule has 1 aliphatic heterocycles. The normalized spacial score (nSPS) is 17.6. The summed E-state index contributed by atoms with van der Waals surface area (Å²) in [6, 6.07) is 0. The Morgan fingerprint density at radius 1 is 1.35 bits per heavy atom. The largest absolute Gasteiger partial charge is 0.391 e. The molecule has 8 heteroatoms. The van der Waals surface area contributed by atoms with Crippen molar-refractivity contribution in [1.29, 1.82) is 0 Å². The molecule has 0 atom stereocenters. The smallest absolute Gasteiger partial charge is 0.389 e. The van der Waals surface area contributed by atoms with Crippen LogP contribution in [0.25, 0.3) is 0 Å². The molecule has 2 rings (SSSR count). The number of halogens is 3. The van der Waals surface area contributed by atoms with E-state index in [-0.39, 0.29) is 17.8 Å². The molecule has 0 amide bonds. The Labute approximate surface area is 120 Å². The number of aromatic nitrogens is 2. The summed E-state index contributed by atoms with van der Waals surface area (Å²) in [6.07, 6.45) is -3.94. The Kier molecular flexibility index (Phi) is 3.95. The predicted molar refractivity (Wildman–Crippen MR) is 74.8 cm³/mol. The van der Waals surface area contributed by atoms with E-state index in [9.17, 15) is 13.2 Å². The monoisotopic (exact) mass is 306 g/mol. The number of piperidine rings is 1. The van der Waals surface area contributed by atoms with Crippen LogP contribution in [0.4, 0.5) is 19.0 Å². The molecule has 0 aromatic carbocycles. The van der Waals surface area contributed by atoms with E-state index in [0.717, 1.165) is 5.82 Å². The van der Waals surface area contributed by atoms with Gasteiger partial charge in [-0.15, -0.1) is 0 Å². The molecular weight excluding hydrogens is 289 g/mol. The molecule has 0 aliphatic carbocycles. The zero-order chi connectivity index (χ0) is 15.1. The number of aryl methyl sites for hydroxylation is 2. The number of nitrogens with zero attached hydrogens (tertiary/aromatic N) is 3. The van der Waals surface area contributed by atoms with Gasteiger partial charge in [0, 0.05) is 20.1 Å². The van der Waals surface area contributed by atoms with Crippen LogP contribution in [0, 0.1) is 12.8 Å². The van der Waals surface area contributed by atoms with Crippen molar-refractivity contribution in [2.24, 2.45) is 18.7 Å². The summed E-state index contributed by atoms with van der Waals surface area (Å²) in [5.74, 6) is -0.503. The first kappa shape index (κ1) is 15.1. The van der Waals surface area contributed by atoms with E-state index in [4.69, 9.17) is 18.0 Å². The van der Waals surface area contributed by atoms with Crippen LogP contribution in [-0.2, 0) is 7.05 Å². The lowest BCUT2D eigenvalue weighted by molar-refractivity contribution is -0.179. The number of hydrogen-bond donors (Lipinski definition) is 1. The third-order valence-electron chi connectivity index (χ3n) is 3.70. The van der Waals surface area contributed by atoms with Gasteiger partial charge < -0.3 is 10.6 Å². The maximum Gasteiger partial charge on any atom is 0.391 e. The maximum absolute atomic E-state index is 12.7. The Bertz CT molecular complexity index is 516. The summed E-state index contributed by atoms with van der Waals surface area (Å²) in [6.45, 7) is 2.46. The molecular formula is C12H17F3N4S. The molecule has 20 heavy (non-hydrogen) atoms. The highest BCUT2D eigenvalue weighted by atomic mass is 32.1. The topological polar surface area (TPSA) is 47.1 Å². The minimum atomic E-state index is -4.11. The van der Waals surface area contributed by atoms with Crippen LogP contribution in [0.5, 0.6) is 0 Å². The summed E-state index contributed by atoms with van der Waals surface area (Å²) in [5, 5.41) is 4.26. The Morgan fingerprint density at radius 3 is 2.35 bits per heavy atom. The average Bonchev–Trinajstić information content (AvgIpc) is 2.63. The number of thiocarbonyl (C=S) groups is 1. The van der Waals surface area contributed by atoms with E-state index in [2.05, 4.69) is 5.10 Å². The number of hydrogen-bond acceptors (Lipinski definition) is 3. The van der Waals surface area contributed by atoms with Gasteiger partial charge in [0.1, 0.15) is 10.8 Å². The van der Waals surface area contributed by atoms with Gasteiger partial charge in [0.25, 0.3) is 0 Å². The van der Waals surface area contributed by atoms with Crippen molar-refractivity contribution in [3.05, 3.63) is 11.3 Å². The molecule has 0 radical (unpaired) electrons. The van der Waals surface area contributed by atoms with Crippen LogP contribution in [0.1, 0.15) is 24.1 Å². The first-order valence-electron chi connectivity index (χ1n) is 6.37. The molecule has 2 N–H and O–H groups in total. The third-order valence-corrected chi connectivity index (χ3v) is 3.90. The van der Waals surface area contributed by atoms with Gasteiger partial charge in [0.15, 0.2) is 0 Å². The molecule has 4 nitrogen and oxygen atoms in total. The number of alkyl halides is 3. The summed E-state index contributed by atoms with van der Waals surface area (Å²) in [4.78, 5) is 2.11. The lowest BCUT2D eigenvalue weighted by Crippen LogP contribution is -2.40. The van der Waals surface area contributed by atoms with Crippen LogP contribution < -0.4 is 10.6 Å². The summed E-state index contributed by atoms with van der Waals surface area (Å²) in [5.41, 5.74) is 7.07. The second-order valence-electron chi connectivity index (χ2n) is 5.07. The van der Waals surface area contributed by atoms with Crippen molar-refractivity contribution in [2.75, 3.05) is 18.0 Å². The van der Waals surface area contributed by atoms with Crippen LogP contribution in [0.2, 0.25) is 0 Å². The zero-order valence-corrected chi connectivity index (χ0v) is 12.2. The molecule has 0 saturated carbocycles. The molecule has 1 aromatic rings. The summed E-state index contributed by atoms with van der Waals surface area (Å²) >= 11 is 5.02. The highest BCUT2D eigenvalue weighted by Crippen LogP contribution is 2.36. The minimum absolute atomic E-state index is 0.0878. The fourth-order valence-corrected chi connectivity index (χ4v) is 2.95. The Balaban J connectivity index is 2.21. The zero-order valence-electron chi connectivity index (χ0n) is 11.4. The van der Waals surface area contributed by atoms with Gasteiger partial charge in [0.05, 0.1) is 17.2 Å². The van der Waals surface area contributed by atoms with E-state index >= 15 is 0 Å². The van der Waals surface area contributed by atoms with Crippen LogP contribution in [0.15, 0.2) is 0 Å². The van der Waals surface area contributed by atoms with E-state index in [1.165, 1.54) is 0 Å². The predicted octanol–water partition coefficient (Wildman–Crippen LogP) is 2.14. The first-order chi connectivity index (χ1) is 9.21. The minimum Gasteiger partial charge on any atom is -0.389 e. The second kappa shape index (κ2) is 5.23. The standard InChI is InChI=1S/C12H17F3N4S/c1-7-9(10(16)20)11(18(2)17-7)19-5-3-8(4-6-19)12(13,14)15/h8H,3-6H2,1-2H3,(H2,16,20). The van der Waals surface area contributed by atoms with Crippen molar-refractivity contribution >= 4 is 23.0 Å². The van der Waals surface area contributed by atoms with Crippen molar-refractivity contribution in [2.45, 2.75) is 25.9 Å². The van der Waals surface area contributed by atoms with Crippen LogP contribution in [-0.4, -0.2) is 34.0 Å². The van der Waals surface area contributed by atoms with Crippen molar-refractivity contribution in [3.63, 3.8) is 0 Å². The highest BCUT2D eigenvalue weighted by Gasteiger charge is 2.41. The van der Waals surface area contributed by atoms with Gasteiger partial charge in [-0.05, 0) is 19.8 Å². The van der Waals surface area contributed by atoms with E-state index in [1.807, 2.05) is 4.90 Å². The van der Waals surface area contributed by atoms with Gasteiger partial charge in [-0.3, -0.25) is 4.68 Å². The molecule has 112 valence electrons. The molecule has 1 aliphatic rings. The van der Waals surface area contributed by atoms with Gasteiger partial charge in [-0.25, -0.2) is 0 Å². The molecule has 0 bridgehead atoms. The Morgan fingerprint density at radius 2 is 1.90 bits per heavy atom. The SMILES string of the molecule is Cc1nn(C)c(N2CCC(C(F)(F)F)CC2)c1C(N)=S. The average molecular weight is 306 g/mol. The van der Waals surface area contributed by atoms with Crippen molar-refractivity contribution in [3.8, 4) is 0 Å². The molecule has 0 unspecified atom stereocenters. The molecule has 1 aromatic heterocycles. The lowest BCUT2D eigenvalue weighted by atomic mass is 9.96. The van der Waals surface area contributed by atoms with Crippen LogP contribution in [0.3, 0.4) is 0 Å². The van der Waals surface area contributed by atoms with Crippen molar-refractivity contribution < 1.29 is 13.2 Å². The molecule has 1 fully saturated rings. The maximum atomic E-state index is 12.7. The highest BCUT2D eigenvalue weighted by molar-refractivity contribution is 7.80. The van der Waals surface area contributed by atoms with Gasteiger partial charge in [0.2, 0.25) is 0 Å². The molecule has 2 heterocycles. The summed E-state index contributed by atoms with van der Waals surface area (Å²) < 4.78 is 39.7. The third kappa shape index (κ3) is 2.74. The van der Waals surface area contributed by atoms with Gasteiger partial charge >= 0.3 is 6.18 Å².